The van der Waals surface area contributed by atoms with Crippen LogP contribution in [0.1, 0.15) is 38.4 Å². The van der Waals surface area contributed by atoms with Gasteiger partial charge in [-0.2, -0.15) is 0 Å². The third-order valence-electron chi connectivity index (χ3n) is 3.51. The Morgan fingerprint density at radius 3 is 2.44 bits per heavy atom. The molecule has 1 aromatic carbocycles. The fourth-order valence-electron chi connectivity index (χ4n) is 2.36. The lowest BCUT2D eigenvalue weighted by molar-refractivity contribution is -0.181. The van der Waals surface area contributed by atoms with Crippen LogP contribution in [0.25, 0.3) is 0 Å². The molecule has 0 radical (unpaired) electrons. The van der Waals surface area contributed by atoms with Gasteiger partial charge in [0.1, 0.15) is 12.2 Å². The van der Waals surface area contributed by atoms with E-state index in [9.17, 15) is 5.11 Å². The number of aliphatic hydroxyl groups excluding tert-OH is 1. The zero-order chi connectivity index (χ0) is 13.2. The van der Waals surface area contributed by atoms with Crippen LogP contribution in [0.15, 0.2) is 24.3 Å². The zero-order valence-corrected chi connectivity index (χ0v) is 11.5. The number of rotatable bonds is 4. The van der Waals surface area contributed by atoms with E-state index in [0.717, 1.165) is 18.4 Å². The van der Waals surface area contributed by atoms with E-state index in [-0.39, 0.29) is 18.8 Å². The van der Waals surface area contributed by atoms with Crippen molar-refractivity contribution >= 4 is 11.6 Å². The first-order valence-electron chi connectivity index (χ1n) is 6.36. The number of hydrogen-bond acceptors (Lipinski definition) is 3. The highest BCUT2D eigenvalue weighted by molar-refractivity contribution is 6.31. The van der Waals surface area contributed by atoms with Crippen molar-refractivity contribution in [1.82, 2.24) is 0 Å². The van der Waals surface area contributed by atoms with Gasteiger partial charge in [0.15, 0.2) is 5.79 Å². The highest BCUT2D eigenvalue weighted by atomic mass is 35.5. The van der Waals surface area contributed by atoms with Gasteiger partial charge < -0.3 is 14.6 Å². The smallest absolute Gasteiger partial charge is 0.169 e. The summed E-state index contributed by atoms with van der Waals surface area (Å²) >= 11 is 6.19. The molecular formula is C14H19ClO3. The Labute approximate surface area is 113 Å². The standard InChI is InChI=1S/C14H19ClO3/c1-3-14(4-2)17-12(9-16)13(18-14)10-7-5-6-8-11(10)15/h5-8,12-13,16H,3-4,9H2,1-2H3/t12-,13-/m0/s1. The molecule has 0 bridgehead atoms. The van der Waals surface area contributed by atoms with Gasteiger partial charge in [-0.05, 0) is 18.9 Å². The minimum Gasteiger partial charge on any atom is -0.394 e. The molecule has 1 aliphatic heterocycles. The van der Waals surface area contributed by atoms with Crippen LogP contribution in [-0.2, 0) is 9.47 Å². The molecule has 2 rings (SSSR count). The van der Waals surface area contributed by atoms with Crippen LogP contribution in [0.3, 0.4) is 0 Å². The fourth-order valence-corrected chi connectivity index (χ4v) is 2.60. The van der Waals surface area contributed by atoms with Crippen molar-refractivity contribution in [2.45, 2.75) is 44.7 Å². The molecule has 1 saturated heterocycles. The first kappa shape index (κ1) is 13.8. The number of benzene rings is 1. The second-order valence-corrected chi connectivity index (χ2v) is 4.92. The molecule has 0 aliphatic carbocycles. The molecule has 1 aliphatic rings. The maximum atomic E-state index is 9.46. The van der Waals surface area contributed by atoms with E-state index in [0.29, 0.717) is 5.02 Å². The third-order valence-corrected chi connectivity index (χ3v) is 3.86. The fraction of sp³-hybridized carbons (Fsp3) is 0.571. The zero-order valence-electron chi connectivity index (χ0n) is 10.7. The van der Waals surface area contributed by atoms with Gasteiger partial charge >= 0.3 is 0 Å². The van der Waals surface area contributed by atoms with Gasteiger partial charge in [0.25, 0.3) is 0 Å². The molecule has 2 atom stereocenters. The lowest BCUT2D eigenvalue weighted by atomic mass is 10.1. The summed E-state index contributed by atoms with van der Waals surface area (Å²) in [6.45, 7) is 3.97. The quantitative estimate of drug-likeness (QED) is 0.912. The molecule has 0 aromatic heterocycles. The summed E-state index contributed by atoms with van der Waals surface area (Å²) in [5, 5.41) is 10.1. The molecule has 0 spiro atoms. The molecule has 100 valence electrons. The predicted molar refractivity (Wildman–Crippen MR) is 70.5 cm³/mol. The van der Waals surface area contributed by atoms with Crippen molar-refractivity contribution in [1.29, 1.82) is 0 Å². The number of hydrogen-bond donors (Lipinski definition) is 1. The van der Waals surface area contributed by atoms with Crippen LogP contribution in [0.2, 0.25) is 5.02 Å². The van der Waals surface area contributed by atoms with Gasteiger partial charge in [-0.15, -0.1) is 0 Å². The maximum Gasteiger partial charge on any atom is 0.169 e. The highest BCUT2D eigenvalue weighted by Crippen LogP contribution is 2.43. The average molecular weight is 271 g/mol. The van der Waals surface area contributed by atoms with Crippen LogP contribution < -0.4 is 0 Å². The normalized spacial score (nSPS) is 26.4. The van der Waals surface area contributed by atoms with E-state index in [1.165, 1.54) is 0 Å². The van der Waals surface area contributed by atoms with Crippen LogP contribution in [-0.4, -0.2) is 23.6 Å². The number of ether oxygens (including phenoxy) is 2. The van der Waals surface area contributed by atoms with Crippen molar-refractivity contribution in [3.8, 4) is 0 Å². The van der Waals surface area contributed by atoms with E-state index in [1.54, 1.807) is 0 Å². The minimum atomic E-state index is -0.600. The second-order valence-electron chi connectivity index (χ2n) is 4.52. The van der Waals surface area contributed by atoms with Crippen LogP contribution in [0.5, 0.6) is 0 Å². The summed E-state index contributed by atoms with van der Waals surface area (Å²) in [6, 6.07) is 7.53. The van der Waals surface area contributed by atoms with E-state index >= 15 is 0 Å². The first-order chi connectivity index (χ1) is 8.65. The molecule has 4 heteroatoms. The average Bonchev–Trinajstić information content (AvgIpc) is 2.79. The van der Waals surface area contributed by atoms with Crippen molar-refractivity contribution in [3.05, 3.63) is 34.9 Å². The third kappa shape index (κ3) is 2.41. The van der Waals surface area contributed by atoms with Gasteiger partial charge in [-0.1, -0.05) is 43.6 Å². The molecule has 1 fully saturated rings. The summed E-state index contributed by atoms with van der Waals surface area (Å²) in [4.78, 5) is 0. The summed E-state index contributed by atoms with van der Waals surface area (Å²) in [7, 11) is 0. The topological polar surface area (TPSA) is 38.7 Å². The Hall–Kier alpha value is -0.610. The van der Waals surface area contributed by atoms with Crippen LogP contribution in [0, 0.1) is 0 Å². The molecule has 0 unspecified atom stereocenters. The molecule has 1 aromatic rings. The van der Waals surface area contributed by atoms with Crippen molar-refractivity contribution < 1.29 is 14.6 Å². The van der Waals surface area contributed by atoms with Crippen molar-refractivity contribution in [2.75, 3.05) is 6.61 Å². The lowest BCUT2D eigenvalue weighted by Crippen LogP contribution is -2.29. The Bertz CT molecular complexity index is 404. The number of halogens is 1. The maximum absolute atomic E-state index is 9.46. The number of aliphatic hydroxyl groups is 1. The Morgan fingerprint density at radius 1 is 1.22 bits per heavy atom. The Morgan fingerprint density at radius 2 is 1.89 bits per heavy atom. The Balaban J connectivity index is 2.30. The lowest BCUT2D eigenvalue weighted by Gasteiger charge is -2.25. The molecule has 18 heavy (non-hydrogen) atoms. The largest absolute Gasteiger partial charge is 0.394 e. The highest BCUT2D eigenvalue weighted by Gasteiger charge is 2.46. The van der Waals surface area contributed by atoms with E-state index in [2.05, 4.69) is 0 Å². The van der Waals surface area contributed by atoms with E-state index < -0.39 is 5.79 Å². The summed E-state index contributed by atoms with van der Waals surface area (Å²) in [5.41, 5.74) is 0.877. The predicted octanol–water partition coefficient (Wildman–Crippen LogP) is 3.31. The summed E-state index contributed by atoms with van der Waals surface area (Å²) in [5.74, 6) is -0.600. The summed E-state index contributed by atoms with van der Waals surface area (Å²) in [6.07, 6.45) is 0.843. The molecule has 0 saturated carbocycles. The molecular weight excluding hydrogens is 252 g/mol. The molecule has 3 nitrogen and oxygen atoms in total. The molecule has 1 heterocycles. The van der Waals surface area contributed by atoms with Gasteiger partial charge in [0.2, 0.25) is 0 Å². The van der Waals surface area contributed by atoms with Crippen LogP contribution >= 0.6 is 11.6 Å². The second kappa shape index (κ2) is 5.57. The monoisotopic (exact) mass is 270 g/mol. The first-order valence-corrected chi connectivity index (χ1v) is 6.74. The minimum absolute atomic E-state index is 0.0718. The SMILES string of the molecule is CCC1(CC)O[C@@H](CO)[C@H](c2ccccc2Cl)O1. The summed E-state index contributed by atoms with van der Waals surface area (Å²) < 4.78 is 11.9. The Kier molecular flexibility index (Phi) is 4.28. The van der Waals surface area contributed by atoms with Gasteiger partial charge in [-0.25, -0.2) is 0 Å². The van der Waals surface area contributed by atoms with E-state index in [4.69, 9.17) is 21.1 Å². The van der Waals surface area contributed by atoms with Gasteiger partial charge in [0, 0.05) is 10.6 Å². The van der Waals surface area contributed by atoms with Crippen LogP contribution in [0.4, 0.5) is 0 Å². The molecule has 1 N–H and O–H groups in total. The van der Waals surface area contributed by atoms with Gasteiger partial charge in [-0.3, -0.25) is 0 Å². The van der Waals surface area contributed by atoms with Crippen molar-refractivity contribution in [3.63, 3.8) is 0 Å². The van der Waals surface area contributed by atoms with E-state index in [1.807, 2.05) is 38.1 Å². The van der Waals surface area contributed by atoms with Crippen molar-refractivity contribution in [2.24, 2.45) is 0 Å². The molecule has 0 amide bonds. The van der Waals surface area contributed by atoms with Gasteiger partial charge in [0.05, 0.1) is 6.61 Å².